The van der Waals surface area contributed by atoms with Gasteiger partial charge in [0.15, 0.2) is 0 Å². The van der Waals surface area contributed by atoms with Gasteiger partial charge in [-0.3, -0.25) is 9.67 Å². The normalized spacial score (nSPS) is 12.7. The molecule has 1 heterocycles. The first-order chi connectivity index (χ1) is 19.2. The predicted octanol–water partition coefficient (Wildman–Crippen LogP) is 7.37. The summed E-state index contributed by atoms with van der Waals surface area (Å²) in [7, 11) is 3.60. The number of hydrogen-bond acceptors (Lipinski definition) is 5. The molecule has 0 aliphatic carbocycles. The first-order valence-corrected chi connectivity index (χ1v) is 14.1. The lowest BCUT2D eigenvalue weighted by molar-refractivity contribution is 0.0648. The number of aliphatic imine (C=N–C) groups is 1. The summed E-state index contributed by atoms with van der Waals surface area (Å²) >= 11 is 0. The number of allylic oxidation sites excluding steroid dienone is 1. The SMILES string of the molecule is C=C(NCc1cc(F)ccc1CCc1ccc(C)c(C=N/C(C)=C/C(C)(C)OC)c1)Nc1cc(C(C)(C)C)nn1C. The first-order valence-electron chi connectivity index (χ1n) is 14.1. The van der Waals surface area contributed by atoms with Gasteiger partial charge < -0.3 is 15.4 Å². The number of methoxy groups -OCH3 is 1. The van der Waals surface area contributed by atoms with Gasteiger partial charge in [-0.15, -0.1) is 0 Å². The summed E-state index contributed by atoms with van der Waals surface area (Å²) in [5.41, 5.74) is 6.94. The number of benzene rings is 2. The number of rotatable bonds is 12. The fourth-order valence-electron chi connectivity index (χ4n) is 4.39. The Bertz CT molecular complexity index is 1430. The molecule has 0 saturated carbocycles. The highest BCUT2D eigenvalue weighted by molar-refractivity contribution is 5.82. The van der Waals surface area contributed by atoms with Crippen LogP contribution in [-0.4, -0.2) is 28.7 Å². The van der Waals surface area contributed by atoms with E-state index in [9.17, 15) is 4.39 Å². The second-order valence-corrected chi connectivity index (χ2v) is 12.2. The molecule has 0 bridgehead atoms. The van der Waals surface area contributed by atoms with Gasteiger partial charge in [0, 0.05) is 44.1 Å². The van der Waals surface area contributed by atoms with E-state index in [4.69, 9.17) is 4.74 Å². The molecule has 3 aromatic rings. The fraction of sp³-hybridized carbons (Fsp3) is 0.412. The maximum Gasteiger partial charge on any atom is 0.129 e. The van der Waals surface area contributed by atoms with Gasteiger partial charge in [-0.05, 0) is 92.6 Å². The van der Waals surface area contributed by atoms with Crippen LogP contribution in [0.25, 0.3) is 0 Å². The molecule has 220 valence electrons. The van der Waals surface area contributed by atoms with Gasteiger partial charge >= 0.3 is 0 Å². The molecule has 0 aliphatic rings. The Morgan fingerprint density at radius 1 is 1.07 bits per heavy atom. The first kappa shape index (κ1) is 31.8. The number of nitrogens with one attached hydrogen (secondary N) is 2. The highest BCUT2D eigenvalue weighted by atomic mass is 19.1. The van der Waals surface area contributed by atoms with E-state index >= 15 is 0 Å². The Morgan fingerprint density at radius 2 is 1.80 bits per heavy atom. The minimum atomic E-state index is -0.364. The molecular weight excluding hydrogens is 513 g/mol. The summed E-state index contributed by atoms with van der Waals surface area (Å²) < 4.78 is 21.5. The van der Waals surface area contributed by atoms with Gasteiger partial charge in [0.2, 0.25) is 0 Å². The Hall–Kier alpha value is -3.71. The summed E-state index contributed by atoms with van der Waals surface area (Å²) in [6, 6.07) is 13.5. The van der Waals surface area contributed by atoms with E-state index in [1.165, 1.54) is 11.6 Å². The van der Waals surface area contributed by atoms with Crippen molar-refractivity contribution >= 4 is 12.0 Å². The highest BCUT2D eigenvalue weighted by Crippen LogP contribution is 2.24. The van der Waals surface area contributed by atoms with Crippen molar-refractivity contribution in [3.05, 3.63) is 106 Å². The van der Waals surface area contributed by atoms with Crippen LogP contribution in [-0.2, 0) is 36.6 Å². The molecule has 2 aromatic carbocycles. The molecule has 41 heavy (non-hydrogen) atoms. The van der Waals surface area contributed by atoms with Gasteiger partial charge in [0.1, 0.15) is 11.6 Å². The van der Waals surface area contributed by atoms with Gasteiger partial charge in [-0.2, -0.15) is 5.10 Å². The topological polar surface area (TPSA) is 63.5 Å². The zero-order chi connectivity index (χ0) is 30.4. The molecule has 0 aliphatic heterocycles. The molecule has 7 heteroatoms. The van der Waals surface area contributed by atoms with Crippen LogP contribution in [0.2, 0.25) is 0 Å². The van der Waals surface area contributed by atoms with Crippen LogP contribution in [0, 0.1) is 12.7 Å². The third-order valence-electron chi connectivity index (χ3n) is 7.10. The molecule has 0 amide bonds. The van der Waals surface area contributed by atoms with E-state index in [1.54, 1.807) is 17.9 Å². The molecule has 0 atom stereocenters. The Labute approximate surface area is 245 Å². The molecule has 1 aromatic heterocycles. The molecule has 3 rings (SSSR count). The molecular formula is C34H46FN5O. The zero-order valence-electron chi connectivity index (χ0n) is 26.2. The quantitative estimate of drug-likeness (QED) is 0.227. The van der Waals surface area contributed by atoms with Crippen molar-refractivity contribution in [2.24, 2.45) is 12.0 Å². The summed E-state index contributed by atoms with van der Waals surface area (Å²) in [4.78, 5) is 4.65. The lowest BCUT2D eigenvalue weighted by Crippen LogP contribution is -2.20. The van der Waals surface area contributed by atoms with Gasteiger partial charge in [0.25, 0.3) is 0 Å². The maximum absolute atomic E-state index is 14.2. The average molecular weight is 560 g/mol. The zero-order valence-corrected chi connectivity index (χ0v) is 26.2. The van der Waals surface area contributed by atoms with Crippen molar-refractivity contribution in [3.8, 4) is 0 Å². The van der Waals surface area contributed by atoms with Crippen molar-refractivity contribution in [1.82, 2.24) is 15.1 Å². The van der Waals surface area contributed by atoms with Crippen LogP contribution in [0.5, 0.6) is 0 Å². The van der Waals surface area contributed by atoms with Crippen LogP contribution >= 0.6 is 0 Å². The predicted molar refractivity (Wildman–Crippen MR) is 169 cm³/mol. The van der Waals surface area contributed by atoms with E-state index in [0.717, 1.165) is 52.3 Å². The number of halogens is 1. The van der Waals surface area contributed by atoms with E-state index < -0.39 is 0 Å². The van der Waals surface area contributed by atoms with Gasteiger partial charge in [-0.1, -0.05) is 45.5 Å². The fourth-order valence-corrected chi connectivity index (χ4v) is 4.39. The van der Waals surface area contributed by atoms with Crippen LogP contribution in [0.1, 0.15) is 75.1 Å². The Morgan fingerprint density at radius 3 is 2.46 bits per heavy atom. The van der Waals surface area contributed by atoms with Gasteiger partial charge in [0.05, 0.1) is 17.1 Å². The standard InChI is InChI=1S/C34H46FN5O/c1-23-11-12-26(17-28(23)21-36-24(2)20-34(7,8)41-10)13-14-27-15-16-30(35)18-29(27)22-37-25(3)38-32-19-31(33(4,5)6)39-40(32)9/h11-12,15-21,37-38H,3,13-14,22H2,1-2,4-10H3/b24-20+,36-21?. The third kappa shape index (κ3) is 9.42. The maximum atomic E-state index is 14.2. The van der Waals surface area contributed by atoms with E-state index in [2.05, 4.69) is 73.2 Å². The van der Waals surface area contributed by atoms with Crippen LogP contribution < -0.4 is 10.6 Å². The molecule has 0 unspecified atom stereocenters. The smallest absolute Gasteiger partial charge is 0.129 e. The van der Waals surface area contributed by atoms with Crippen LogP contribution in [0.4, 0.5) is 10.2 Å². The minimum absolute atomic E-state index is 0.0504. The van der Waals surface area contributed by atoms with Crippen molar-refractivity contribution in [3.63, 3.8) is 0 Å². The van der Waals surface area contributed by atoms with Crippen molar-refractivity contribution in [2.75, 3.05) is 12.4 Å². The number of nitrogens with zero attached hydrogens (tertiary/aromatic N) is 3. The number of ether oxygens (including phenoxy) is 1. The van der Waals surface area contributed by atoms with Crippen LogP contribution in [0.3, 0.4) is 0 Å². The molecule has 0 fully saturated rings. The summed E-state index contributed by atoms with van der Waals surface area (Å²) in [5, 5.41) is 11.2. The van der Waals surface area contributed by atoms with E-state index in [0.29, 0.717) is 12.4 Å². The summed E-state index contributed by atoms with van der Waals surface area (Å²) in [5.74, 6) is 1.22. The monoisotopic (exact) mass is 559 g/mol. The summed E-state index contributed by atoms with van der Waals surface area (Å²) in [6.45, 7) is 19.0. The van der Waals surface area contributed by atoms with Crippen molar-refractivity contribution < 1.29 is 9.13 Å². The second-order valence-electron chi connectivity index (χ2n) is 12.2. The van der Waals surface area contributed by atoms with Gasteiger partial charge in [-0.25, -0.2) is 4.39 Å². The molecule has 6 nitrogen and oxygen atoms in total. The lowest BCUT2D eigenvalue weighted by atomic mass is 9.92. The van der Waals surface area contributed by atoms with Crippen molar-refractivity contribution in [2.45, 2.75) is 78.9 Å². The molecule has 0 saturated heterocycles. The molecule has 0 radical (unpaired) electrons. The number of aryl methyl sites for hydroxylation is 4. The van der Waals surface area contributed by atoms with Crippen molar-refractivity contribution in [1.29, 1.82) is 0 Å². The number of anilines is 1. The highest BCUT2D eigenvalue weighted by Gasteiger charge is 2.19. The van der Waals surface area contributed by atoms with E-state index in [-0.39, 0.29) is 16.8 Å². The molecule has 0 spiro atoms. The third-order valence-corrected chi connectivity index (χ3v) is 7.10. The number of hydrogen-bond donors (Lipinski definition) is 2. The number of aromatic nitrogens is 2. The Kier molecular flexibility index (Phi) is 10.3. The second kappa shape index (κ2) is 13.3. The minimum Gasteiger partial charge on any atom is -0.375 e. The summed E-state index contributed by atoms with van der Waals surface area (Å²) in [6.07, 6.45) is 5.54. The Balaban J connectivity index is 1.67. The van der Waals surface area contributed by atoms with E-state index in [1.807, 2.05) is 52.2 Å². The van der Waals surface area contributed by atoms with Crippen LogP contribution in [0.15, 0.2) is 71.6 Å². The average Bonchev–Trinajstić information content (AvgIpc) is 3.27. The lowest BCUT2D eigenvalue weighted by Gasteiger charge is -2.18. The molecule has 2 N–H and O–H groups in total. The largest absolute Gasteiger partial charge is 0.375 e.